The number of aliphatic hydroxyl groups is 2. The van der Waals surface area contributed by atoms with E-state index >= 15 is 0 Å². The van der Waals surface area contributed by atoms with Crippen LogP contribution in [-0.4, -0.2) is 46.4 Å². The maximum atomic E-state index is 11.1. The molecule has 0 aromatic carbocycles. The Kier molecular flexibility index (Phi) is 3.07. The van der Waals surface area contributed by atoms with E-state index in [2.05, 4.69) is 5.32 Å². The number of hydrogen-bond donors (Lipinski definition) is 3. The second-order valence-electron chi connectivity index (χ2n) is 3.31. The molecule has 0 saturated carbocycles. The molecule has 6 nitrogen and oxygen atoms in total. The van der Waals surface area contributed by atoms with E-state index in [1.807, 2.05) is 0 Å². The van der Waals surface area contributed by atoms with Crippen LogP contribution in [0.15, 0.2) is 0 Å². The lowest BCUT2D eigenvalue weighted by Gasteiger charge is -2.17. The van der Waals surface area contributed by atoms with Gasteiger partial charge in [0.15, 0.2) is 12.1 Å². The molecule has 1 aliphatic heterocycles. The fraction of sp³-hybridized carbons (Fsp3) is 0.750. The summed E-state index contributed by atoms with van der Waals surface area (Å²) in [7, 11) is 0. The summed E-state index contributed by atoms with van der Waals surface area (Å²) in [6.07, 6.45) is -3.14. The summed E-state index contributed by atoms with van der Waals surface area (Å²) in [6.45, 7) is 2.63. The molecular formula is C8H13NO5. The zero-order chi connectivity index (χ0) is 10.9. The monoisotopic (exact) mass is 203 g/mol. The predicted molar refractivity (Wildman–Crippen MR) is 45.2 cm³/mol. The minimum Gasteiger partial charge on any atom is -0.455 e. The molecule has 1 rings (SSSR count). The van der Waals surface area contributed by atoms with Gasteiger partial charge in [-0.1, -0.05) is 0 Å². The summed E-state index contributed by atoms with van der Waals surface area (Å²) in [5.41, 5.74) is 0. The van der Waals surface area contributed by atoms with Crippen LogP contribution in [0.1, 0.15) is 13.8 Å². The Balaban J connectivity index is 2.70. The Hall–Kier alpha value is -1.14. The Labute approximate surface area is 80.9 Å². The van der Waals surface area contributed by atoms with Crippen molar-refractivity contribution in [2.24, 2.45) is 0 Å². The van der Waals surface area contributed by atoms with E-state index in [4.69, 9.17) is 9.84 Å². The van der Waals surface area contributed by atoms with Crippen LogP contribution in [0.2, 0.25) is 0 Å². The molecule has 6 heteroatoms. The van der Waals surface area contributed by atoms with Crippen LogP contribution < -0.4 is 5.32 Å². The molecular weight excluding hydrogens is 190 g/mol. The van der Waals surface area contributed by atoms with Gasteiger partial charge in [-0.2, -0.15) is 0 Å². The molecule has 1 fully saturated rings. The zero-order valence-electron chi connectivity index (χ0n) is 7.93. The topological polar surface area (TPSA) is 95.9 Å². The fourth-order valence-corrected chi connectivity index (χ4v) is 1.35. The third-order valence-electron chi connectivity index (χ3n) is 2.02. The quantitative estimate of drug-likeness (QED) is 0.458. The maximum absolute atomic E-state index is 11.1. The summed E-state index contributed by atoms with van der Waals surface area (Å²) in [4.78, 5) is 21.8. The molecule has 0 aromatic heterocycles. The van der Waals surface area contributed by atoms with Gasteiger partial charge in [0, 0.05) is 6.92 Å². The van der Waals surface area contributed by atoms with Crippen LogP contribution >= 0.6 is 0 Å². The Morgan fingerprint density at radius 1 is 1.64 bits per heavy atom. The first-order valence-corrected chi connectivity index (χ1v) is 4.27. The number of hydrogen-bond acceptors (Lipinski definition) is 5. The number of carbonyl (C=O) groups excluding carboxylic acids is 2. The van der Waals surface area contributed by atoms with Gasteiger partial charge in [0.2, 0.25) is 5.91 Å². The zero-order valence-corrected chi connectivity index (χ0v) is 7.93. The lowest BCUT2D eigenvalue weighted by Crippen LogP contribution is -2.46. The van der Waals surface area contributed by atoms with Gasteiger partial charge in [-0.05, 0) is 6.92 Å². The number of rotatable bonds is 2. The fourth-order valence-electron chi connectivity index (χ4n) is 1.35. The van der Waals surface area contributed by atoms with Crippen molar-refractivity contribution in [1.29, 1.82) is 0 Å². The number of aliphatic hydroxyl groups excluding tert-OH is 2. The first-order chi connectivity index (χ1) is 6.43. The minimum atomic E-state index is -1.20. The third kappa shape index (κ3) is 2.02. The van der Waals surface area contributed by atoms with E-state index in [0.29, 0.717) is 0 Å². The molecule has 0 spiro atoms. The van der Waals surface area contributed by atoms with Crippen molar-refractivity contribution in [3.05, 3.63) is 0 Å². The molecule has 4 atom stereocenters. The molecule has 0 aliphatic carbocycles. The van der Waals surface area contributed by atoms with Gasteiger partial charge < -0.3 is 20.3 Å². The van der Waals surface area contributed by atoms with E-state index in [0.717, 1.165) is 0 Å². The summed E-state index contributed by atoms with van der Waals surface area (Å²) in [6, 6.07) is -1.08. The summed E-state index contributed by atoms with van der Waals surface area (Å²) in [5, 5.41) is 20.9. The highest BCUT2D eigenvalue weighted by atomic mass is 16.6. The molecule has 3 N–H and O–H groups in total. The third-order valence-corrected chi connectivity index (χ3v) is 2.02. The van der Waals surface area contributed by atoms with Crippen molar-refractivity contribution < 1.29 is 24.5 Å². The first kappa shape index (κ1) is 10.9. The number of ether oxygens (including phenoxy) is 1. The van der Waals surface area contributed by atoms with E-state index in [-0.39, 0.29) is 0 Å². The molecule has 1 amide bonds. The Morgan fingerprint density at radius 3 is 2.57 bits per heavy atom. The molecule has 0 aromatic rings. The van der Waals surface area contributed by atoms with Crippen LogP contribution in [0.3, 0.4) is 0 Å². The number of nitrogens with one attached hydrogen (secondary N) is 1. The minimum absolute atomic E-state index is 0.433. The number of amides is 1. The SMILES string of the molecule is CC(=O)N[C@H]1C(=O)OC([C@@H](C)O)[C@@H]1O. The van der Waals surface area contributed by atoms with E-state index in [1.165, 1.54) is 13.8 Å². The average molecular weight is 203 g/mol. The van der Waals surface area contributed by atoms with Crippen molar-refractivity contribution in [1.82, 2.24) is 5.32 Å². The van der Waals surface area contributed by atoms with Gasteiger partial charge in [0.25, 0.3) is 0 Å². The standard InChI is InChI=1S/C8H13NO5/c1-3(10)7-6(12)5(8(13)14-7)9-4(2)11/h3,5-7,10,12H,1-2H3,(H,9,11)/t3-,5-,6-,7?/m1/s1. The molecule has 1 saturated heterocycles. The summed E-state index contributed by atoms with van der Waals surface area (Å²) < 4.78 is 4.69. The van der Waals surface area contributed by atoms with Crippen molar-refractivity contribution in [2.75, 3.05) is 0 Å². The summed E-state index contributed by atoms with van der Waals surface area (Å²) in [5.74, 6) is -1.16. The highest BCUT2D eigenvalue weighted by Crippen LogP contribution is 2.18. The van der Waals surface area contributed by atoms with Gasteiger partial charge in [-0.25, -0.2) is 4.79 Å². The van der Waals surface area contributed by atoms with Crippen molar-refractivity contribution >= 4 is 11.9 Å². The lowest BCUT2D eigenvalue weighted by atomic mass is 10.1. The van der Waals surface area contributed by atoms with E-state index in [9.17, 15) is 14.7 Å². The molecule has 1 heterocycles. The van der Waals surface area contributed by atoms with Crippen LogP contribution in [0.4, 0.5) is 0 Å². The lowest BCUT2D eigenvalue weighted by molar-refractivity contribution is -0.147. The highest BCUT2D eigenvalue weighted by molar-refractivity contribution is 5.85. The van der Waals surface area contributed by atoms with Crippen LogP contribution in [0, 0.1) is 0 Å². The van der Waals surface area contributed by atoms with Gasteiger partial charge in [-0.3, -0.25) is 4.79 Å². The Morgan fingerprint density at radius 2 is 2.21 bits per heavy atom. The largest absolute Gasteiger partial charge is 0.455 e. The predicted octanol–water partition coefficient (Wildman–Crippen LogP) is -1.84. The first-order valence-electron chi connectivity index (χ1n) is 4.27. The molecule has 1 aliphatic rings. The smallest absolute Gasteiger partial charge is 0.331 e. The van der Waals surface area contributed by atoms with Crippen molar-refractivity contribution in [2.45, 2.75) is 38.2 Å². The molecule has 80 valence electrons. The maximum Gasteiger partial charge on any atom is 0.331 e. The van der Waals surface area contributed by atoms with E-state index < -0.39 is 36.2 Å². The average Bonchev–Trinajstić information content (AvgIpc) is 2.31. The molecule has 1 unspecified atom stereocenters. The molecule has 0 radical (unpaired) electrons. The molecule has 0 bridgehead atoms. The van der Waals surface area contributed by atoms with Gasteiger partial charge >= 0.3 is 5.97 Å². The van der Waals surface area contributed by atoms with Crippen molar-refractivity contribution in [3.8, 4) is 0 Å². The second-order valence-corrected chi connectivity index (χ2v) is 3.31. The van der Waals surface area contributed by atoms with E-state index in [1.54, 1.807) is 0 Å². The number of esters is 1. The van der Waals surface area contributed by atoms with Crippen LogP contribution in [0.25, 0.3) is 0 Å². The Bertz CT molecular complexity index is 252. The van der Waals surface area contributed by atoms with Crippen LogP contribution in [0.5, 0.6) is 0 Å². The number of carbonyl (C=O) groups is 2. The van der Waals surface area contributed by atoms with Gasteiger partial charge in [0.05, 0.1) is 6.10 Å². The second kappa shape index (κ2) is 3.93. The van der Waals surface area contributed by atoms with Crippen LogP contribution in [-0.2, 0) is 14.3 Å². The number of cyclic esters (lactones) is 1. The van der Waals surface area contributed by atoms with Crippen molar-refractivity contribution in [3.63, 3.8) is 0 Å². The molecule has 14 heavy (non-hydrogen) atoms. The normalized spacial score (nSPS) is 33.7. The highest BCUT2D eigenvalue weighted by Gasteiger charge is 2.46. The van der Waals surface area contributed by atoms with Gasteiger partial charge in [0.1, 0.15) is 6.10 Å². The summed E-state index contributed by atoms with van der Waals surface area (Å²) >= 11 is 0. The van der Waals surface area contributed by atoms with Gasteiger partial charge in [-0.15, -0.1) is 0 Å².